The largest absolute Gasteiger partial charge is 0.377 e. The van der Waals surface area contributed by atoms with Gasteiger partial charge >= 0.3 is 0 Å². The standard InChI is InChI=1S/C41H40OP2/c1-7-20-36(21-8-1)43(37-22-9-2-10-23-37,38-24-11-3-12-25-38)34-19-32-42-33-35-44(39-26-13-4-14-27-39,40-28-15-5-16-29-40)41-30-17-6-18-31-41/h1-18,20-31H,19,32-35H2/q+2. The molecule has 0 aliphatic rings. The van der Waals surface area contributed by atoms with Crippen LogP contribution in [0.2, 0.25) is 0 Å². The molecule has 0 radical (unpaired) electrons. The van der Waals surface area contributed by atoms with Gasteiger partial charge in [0.1, 0.15) is 46.4 Å². The van der Waals surface area contributed by atoms with Gasteiger partial charge < -0.3 is 4.74 Å². The van der Waals surface area contributed by atoms with Crippen molar-refractivity contribution in [3.8, 4) is 0 Å². The van der Waals surface area contributed by atoms with E-state index in [1.807, 2.05) is 0 Å². The van der Waals surface area contributed by atoms with E-state index in [9.17, 15) is 0 Å². The van der Waals surface area contributed by atoms with Gasteiger partial charge in [-0.05, 0) is 72.8 Å². The SMILES string of the molecule is c1ccc([P+](CCCOCC[P+](c2ccccc2)(c2ccccc2)c2ccccc2)(c2ccccc2)c2ccccc2)cc1. The van der Waals surface area contributed by atoms with Crippen LogP contribution < -0.4 is 31.8 Å². The van der Waals surface area contributed by atoms with Crippen LogP contribution in [0.1, 0.15) is 6.42 Å². The molecule has 0 saturated heterocycles. The summed E-state index contributed by atoms with van der Waals surface area (Å²) in [7, 11) is -3.75. The van der Waals surface area contributed by atoms with E-state index in [1.165, 1.54) is 31.8 Å². The van der Waals surface area contributed by atoms with Crippen molar-refractivity contribution in [2.45, 2.75) is 6.42 Å². The highest BCUT2D eigenvalue weighted by molar-refractivity contribution is 7.96. The fraction of sp³-hybridized carbons (Fsp3) is 0.122. The molecule has 0 bridgehead atoms. The number of hydrogen-bond donors (Lipinski definition) is 0. The zero-order chi connectivity index (χ0) is 29.9. The average molecular weight is 611 g/mol. The predicted octanol–water partition coefficient (Wildman–Crippen LogP) is 7.38. The lowest BCUT2D eigenvalue weighted by Crippen LogP contribution is -2.35. The molecule has 0 heterocycles. The molecule has 0 aromatic heterocycles. The molecule has 0 amide bonds. The summed E-state index contributed by atoms with van der Waals surface area (Å²) in [4.78, 5) is 0. The summed E-state index contributed by atoms with van der Waals surface area (Å²) in [5.74, 6) is 0. The van der Waals surface area contributed by atoms with Gasteiger partial charge in [-0.1, -0.05) is 109 Å². The molecule has 218 valence electrons. The molecule has 0 fully saturated rings. The topological polar surface area (TPSA) is 9.23 Å². The zero-order valence-electron chi connectivity index (χ0n) is 25.2. The van der Waals surface area contributed by atoms with Gasteiger partial charge in [-0.2, -0.15) is 0 Å². The second kappa shape index (κ2) is 14.7. The number of hydrogen-bond acceptors (Lipinski definition) is 1. The van der Waals surface area contributed by atoms with Gasteiger partial charge in [0.2, 0.25) is 0 Å². The first-order valence-electron chi connectivity index (χ1n) is 15.5. The summed E-state index contributed by atoms with van der Waals surface area (Å²) in [6.45, 7) is 1.46. The quantitative estimate of drug-likeness (QED) is 0.0980. The molecule has 0 aliphatic carbocycles. The Bertz CT molecular complexity index is 1350. The smallest absolute Gasteiger partial charge is 0.114 e. The zero-order valence-corrected chi connectivity index (χ0v) is 26.9. The Morgan fingerprint density at radius 2 is 0.545 bits per heavy atom. The summed E-state index contributed by atoms with van der Waals surface area (Å²) in [5.41, 5.74) is 0. The van der Waals surface area contributed by atoms with Crippen molar-refractivity contribution < 1.29 is 4.74 Å². The van der Waals surface area contributed by atoms with Crippen LogP contribution >= 0.6 is 14.5 Å². The molecule has 6 aromatic carbocycles. The van der Waals surface area contributed by atoms with Crippen LogP contribution in [0.4, 0.5) is 0 Å². The molecular weight excluding hydrogens is 570 g/mol. The van der Waals surface area contributed by atoms with Crippen molar-refractivity contribution in [2.24, 2.45) is 0 Å². The summed E-state index contributed by atoms with van der Waals surface area (Å²) in [6.07, 6.45) is 3.04. The Morgan fingerprint density at radius 1 is 0.295 bits per heavy atom. The fourth-order valence-corrected chi connectivity index (χ4v) is 14.9. The number of rotatable bonds is 13. The maximum atomic E-state index is 6.60. The molecule has 0 aliphatic heterocycles. The fourth-order valence-electron chi connectivity index (χ4n) is 6.47. The van der Waals surface area contributed by atoms with Crippen LogP contribution in [0.15, 0.2) is 182 Å². The molecule has 6 aromatic rings. The molecular formula is C41H40OP2+2. The van der Waals surface area contributed by atoms with E-state index in [-0.39, 0.29) is 0 Å². The lowest BCUT2D eigenvalue weighted by molar-refractivity contribution is 0.151. The van der Waals surface area contributed by atoms with Crippen molar-refractivity contribution in [2.75, 3.05) is 25.5 Å². The van der Waals surface area contributed by atoms with Crippen molar-refractivity contribution in [3.63, 3.8) is 0 Å². The van der Waals surface area contributed by atoms with E-state index in [0.29, 0.717) is 0 Å². The van der Waals surface area contributed by atoms with Gasteiger partial charge in [0, 0.05) is 6.42 Å². The van der Waals surface area contributed by atoms with E-state index in [1.54, 1.807) is 0 Å². The number of ether oxygens (including phenoxy) is 1. The van der Waals surface area contributed by atoms with Crippen molar-refractivity contribution in [3.05, 3.63) is 182 Å². The summed E-state index contributed by atoms with van der Waals surface area (Å²) in [5, 5.41) is 8.51. The average Bonchev–Trinajstić information content (AvgIpc) is 3.12. The Hall–Kier alpha value is -3.86. The second-order valence-corrected chi connectivity index (χ2v) is 18.3. The first-order chi connectivity index (χ1) is 21.8. The van der Waals surface area contributed by atoms with Gasteiger partial charge in [0.15, 0.2) is 0 Å². The lowest BCUT2D eigenvalue weighted by atomic mass is 10.4. The van der Waals surface area contributed by atoms with Crippen molar-refractivity contribution in [1.29, 1.82) is 0 Å². The molecule has 3 heteroatoms. The van der Waals surface area contributed by atoms with Gasteiger partial charge in [-0.3, -0.25) is 0 Å². The van der Waals surface area contributed by atoms with Crippen LogP contribution in [0.25, 0.3) is 0 Å². The third-order valence-corrected chi connectivity index (χ3v) is 17.5. The maximum Gasteiger partial charge on any atom is 0.114 e. The first kappa shape index (κ1) is 30.2. The molecule has 0 N–H and O–H groups in total. The summed E-state index contributed by atoms with van der Waals surface area (Å²) >= 11 is 0. The molecule has 44 heavy (non-hydrogen) atoms. The van der Waals surface area contributed by atoms with Crippen LogP contribution in [0.5, 0.6) is 0 Å². The van der Waals surface area contributed by atoms with Crippen LogP contribution in [-0.4, -0.2) is 25.5 Å². The Balaban J connectivity index is 1.26. The highest BCUT2D eigenvalue weighted by atomic mass is 31.2. The minimum atomic E-state index is -1.90. The molecule has 0 saturated carbocycles. The second-order valence-electron chi connectivity index (χ2n) is 11.0. The number of benzene rings is 6. The summed E-state index contributed by atoms with van der Waals surface area (Å²) in [6, 6.07) is 66.7. The molecule has 6 rings (SSSR count). The minimum Gasteiger partial charge on any atom is -0.377 e. The Kier molecular flexibility index (Phi) is 10.1. The molecule has 0 spiro atoms. The van der Waals surface area contributed by atoms with Gasteiger partial charge in [-0.15, -0.1) is 0 Å². The third kappa shape index (κ3) is 6.33. The highest BCUT2D eigenvalue weighted by Gasteiger charge is 2.46. The van der Waals surface area contributed by atoms with E-state index in [4.69, 9.17) is 4.74 Å². The monoisotopic (exact) mass is 610 g/mol. The maximum absolute atomic E-state index is 6.60. The van der Waals surface area contributed by atoms with Crippen LogP contribution in [0.3, 0.4) is 0 Å². The lowest BCUT2D eigenvalue weighted by Gasteiger charge is -2.28. The molecule has 1 nitrogen and oxygen atoms in total. The van der Waals surface area contributed by atoms with Gasteiger partial charge in [0.25, 0.3) is 0 Å². The van der Waals surface area contributed by atoms with Crippen LogP contribution in [-0.2, 0) is 4.74 Å². The minimum absolute atomic E-state index is 0.722. The van der Waals surface area contributed by atoms with E-state index < -0.39 is 14.5 Å². The van der Waals surface area contributed by atoms with Crippen LogP contribution in [0, 0.1) is 0 Å². The van der Waals surface area contributed by atoms with E-state index in [2.05, 4.69) is 182 Å². The van der Waals surface area contributed by atoms with E-state index in [0.717, 1.165) is 32.0 Å². The third-order valence-electron chi connectivity index (χ3n) is 8.54. The van der Waals surface area contributed by atoms with E-state index >= 15 is 0 Å². The molecule has 0 atom stereocenters. The van der Waals surface area contributed by atoms with Gasteiger partial charge in [-0.25, -0.2) is 0 Å². The van der Waals surface area contributed by atoms with Gasteiger partial charge in [0.05, 0.1) is 25.5 Å². The predicted molar refractivity (Wildman–Crippen MR) is 195 cm³/mol. The highest BCUT2D eigenvalue weighted by Crippen LogP contribution is 2.56. The van der Waals surface area contributed by atoms with Crippen molar-refractivity contribution >= 4 is 46.4 Å². The van der Waals surface area contributed by atoms with Crippen molar-refractivity contribution in [1.82, 2.24) is 0 Å². The summed E-state index contributed by atoms with van der Waals surface area (Å²) < 4.78 is 6.60. The first-order valence-corrected chi connectivity index (χ1v) is 19.5. The molecule has 0 unspecified atom stereocenters. The Morgan fingerprint density at radius 3 is 0.818 bits per heavy atom. The Labute approximate surface area is 264 Å². The normalized spacial score (nSPS) is 11.7.